The van der Waals surface area contributed by atoms with Crippen molar-refractivity contribution in [1.29, 1.82) is 0 Å². The number of carboxylic acid groups (broad SMARTS) is 1. The van der Waals surface area contributed by atoms with Crippen LogP contribution in [0, 0.1) is 0 Å². The van der Waals surface area contributed by atoms with E-state index in [1.54, 1.807) is 25.7 Å². The number of hydrogen-bond acceptors (Lipinski definition) is 4. The summed E-state index contributed by atoms with van der Waals surface area (Å²) in [6, 6.07) is 8.62. The molecule has 0 aliphatic rings. The molecule has 0 aliphatic heterocycles. The maximum Gasteiger partial charge on any atom is 0.321 e. The molecule has 1 atom stereocenters. The average Bonchev–Trinajstić information content (AvgIpc) is 2.43. The molecule has 1 aromatic carbocycles. The molecular formula is C17H24BrNO4. The summed E-state index contributed by atoms with van der Waals surface area (Å²) in [5, 5.41) is 10.1. The van der Waals surface area contributed by atoms with Crippen molar-refractivity contribution in [2.45, 2.75) is 38.8 Å². The number of carbonyl (C=O) groups is 2. The zero-order chi connectivity index (χ0) is 17.5. The number of carboxylic acids is 1. The van der Waals surface area contributed by atoms with Gasteiger partial charge in [-0.3, -0.25) is 14.5 Å². The fourth-order valence-corrected chi connectivity index (χ4v) is 2.66. The van der Waals surface area contributed by atoms with E-state index < -0.39 is 23.6 Å². The van der Waals surface area contributed by atoms with Crippen molar-refractivity contribution < 1.29 is 19.4 Å². The van der Waals surface area contributed by atoms with Crippen LogP contribution in [0.2, 0.25) is 0 Å². The summed E-state index contributed by atoms with van der Waals surface area (Å²) in [6.45, 7) is 5.77. The van der Waals surface area contributed by atoms with E-state index in [1.165, 1.54) is 0 Å². The molecule has 0 bridgehead atoms. The second-order valence-corrected chi connectivity index (χ2v) is 7.08. The van der Waals surface area contributed by atoms with Gasteiger partial charge in [-0.25, -0.2) is 0 Å². The van der Waals surface area contributed by atoms with Crippen LogP contribution in [0.3, 0.4) is 0 Å². The monoisotopic (exact) mass is 385 g/mol. The first kappa shape index (κ1) is 19.6. The molecule has 1 rings (SSSR count). The van der Waals surface area contributed by atoms with Crippen LogP contribution in [0.5, 0.6) is 0 Å². The molecule has 23 heavy (non-hydrogen) atoms. The molecule has 1 N–H and O–H groups in total. The van der Waals surface area contributed by atoms with Gasteiger partial charge in [0.2, 0.25) is 0 Å². The van der Waals surface area contributed by atoms with Gasteiger partial charge in [-0.05, 0) is 32.8 Å². The van der Waals surface area contributed by atoms with Gasteiger partial charge in [0, 0.05) is 11.9 Å². The standard InChI is InChI=1S/C17H24BrNO4/c1-17(2,3)23-15(20)12-19(10-9-18)14(16(21)22)11-13-7-5-4-6-8-13/h4-8,14H,9-12H2,1-3H3,(H,21,22)/t14-/m0/s1. The molecule has 0 radical (unpaired) electrons. The third-order valence-electron chi connectivity index (χ3n) is 3.12. The van der Waals surface area contributed by atoms with Crippen LogP contribution in [0.4, 0.5) is 0 Å². The van der Waals surface area contributed by atoms with Gasteiger partial charge >= 0.3 is 11.9 Å². The number of halogens is 1. The Labute approximate surface area is 145 Å². The van der Waals surface area contributed by atoms with Gasteiger partial charge in [0.25, 0.3) is 0 Å². The van der Waals surface area contributed by atoms with Gasteiger partial charge in [0.1, 0.15) is 11.6 Å². The summed E-state index contributed by atoms with van der Waals surface area (Å²) in [4.78, 5) is 25.4. The second kappa shape index (κ2) is 9.03. The van der Waals surface area contributed by atoms with E-state index in [-0.39, 0.29) is 6.54 Å². The number of ether oxygens (including phenoxy) is 1. The quantitative estimate of drug-likeness (QED) is 0.550. The van der Waals surface area contributed by atoms with Crippen molar-refractivity contribution in [3.05, 3.63) is 35.9 Å². The van der Waals surface area contributed by atoms with Crippen LogP contribution in [0.15, 0.2) is 30.3 Å². The van der Waals surface area contributed by atoms with Crippen LogP contribution in [-0.2, 0) is 20.7 Å². The Kier molecular flexibility index (Phi) is 7.72. The Morgan fingerprint density at radius 1 is 1.26 bits per heavy atom. The lowest BCUT2D eigenvalue weighted by molar-refractivity contribution is -0.158. The van der Waals surface area contributed by atoms with E-state index >= 15 is 0 Å². The Balaban J connectivity index is 2.84. The highest BCUT2D eigenvalue weighted by Crippen LogP contribution is 2.13. The van der Waals surface area contributed by atoms with E-state index in [0.717, 1.165) is 5.56 Å². The molecule has 0 saturated heterocycles. The fraction of sp³-hybridized carbons (Fsp3) is 0.529. The molecule has 1 aromatic rings. The van der Waals surface area contributed by atoms with E-state index in [2.05, 4.69) is 15.9 Å². The minimum Gasteiger partial charge on any atom is -0.480 e. The molecule has 6 heteroatoms. The van der Waals surface area contributed by atoms with E-state index in [1.807, 2.05) is 30.3 Å². The lowest BCUT2D eigenvalue weighted by Gasteiger charge is -2.29. The number of hydrogen-bond donors (Lipinski definition) is 1. The zero-order valence-electron chi connectivity index (χ0n) is 13.8. The van der Waals surface area contributed by atoms with Crippen molar-refractivity contribution in [2.75, 3.05) is 18.4 Å². The number of esters is 1. The summed E-state index contributed by atoms with van der Waals surface area (Å²) in [5.74, 6) is -1.36. The first-order valence-corrected chi connectivity index (χ1v) is 8.63. The minimum absolute atomic E-state index is 0.0489. The molecule has 0 saturated carbocycles. The molecule has 0 spiro atoms. The number of alkyl halides is 1. The number of aliphatic carboxylic acids is 1. The minimum atomic E-state index is -0.946. The smallest absolute Gasteiger partial charge is 0.321 e. The summed E-state index contributed by atoms with van der Waals surface area (Å²) in [6.07, 6.45) is 0.339. The van der Waals surface area contributed by atoms with Crippen LogP contribution in [0.1, 0.15) is 26.3 Å². The molecule has 0 aliphatic carbocycles. The molecule has 0 fully saturated rings. The Morgan fingerprint density at radius 2 is 1.87 bits per heavy atom. The normalized spacial score (nSPS) is 12.9. The van der Waals surface area contributed by atoms with Crippen LogP contribution < -0.4 is 0 Å². The van der Waals surface area contributed by atoms with E-state index in [0.29, 0.717) is 18.3 Å². The Morgan fingerprint density at radius 3 is 2.35 bits per heavy atom. The van der Waals surface area contributed by atoms with Gasteiger partial charge in [0.05, 0.1) is 6.54 Å². The maximum atomic E-state index is 12.1. The lowest BCUT2D eigenvalue weighted by atomic mass is 10.0. The topological polar surface area (TPSA) is 66.8 Å². The number of nitrogens with zero attached hydrogens (tertiary/aromatic N) is 1. The number of rotatable bonds is 8. The predicted molar refractivity (Wildman–Crippen MR) is 92.8 cm³/mol. The summed E-state index contributed by atoms with van der Waals surface area (Å²) < 4.78 is 5.31. The van der Waals surface area contributed by atoms with Crippen molar-refractivity contribution in [1.82, 2.24) is 4.90 Å². The zero-order valence-corrected chi connectivity index (χ0v) is 15.4. The molecule has 128 valence electrons. The van der Waals surface area contributed by atoms with Gasteiger partial charge in [0.15, 0.2) is 0 Å². The molecule has 5 nitrogen and oxygen atoms in total. The van der Waals surface area contributed by atoms with Gasteiger partial charge in [-0.1, -0.05) is 46.3 Å². The SMILES string of the molecule is CC(C)(C)OC(=O)CN(CCBr)[C@@H](Cc1ccccc1)C(=O)O. The average molecular weight is 386 g/mol. The third kappa shape index (κ3) is 7.61. The Hall–Kier alpha value is -1.40. The predicted octanol–water partition coefficient (Wildman–Crippen LogP) is 2.72. The van der Waals surface area contributed by atoms with E-state index in [9.17, 15) is 14.7 Å². The van der Waals surface area contributed by atoms with Crippen molar-refractivity contribution >= 4 is 27.9 Å². The molecule has 0 aromatic heterocycles. The fourth-order valence-electron chi connectivity index (χ4n) is 2.20. The number of carbonyl (C=O) groups excluding carboxylic acids is 1. The first-order valence-electron chi connectivity index (χ1n) is 7.51. The lowest BCUT2D eigenvalue weighted by Crippen LogP contribution is -2.47. The maximum absolute atomic E-state index is 12.1. The number of benzene rings is 1. The Bertz CT molecular complexity index is 513. The third-order valence-corrected chi connectivity index (χ3v) is 3.48. The van der Waals surface area contributed by atoms with Crippen molar-refractivity contribution in [3.63, 3.8) is 0 Å². The summed E-state index contributed by atoms with van der Waals surface area (Å²) in [5.41, 5.74) is 0.332. The van der Waals surface area contributed by atoms with Gasteiger partial charge in [-0.2, -0.15) is 0 Å². The highest BCUT2D eigenvalue weighted by molar-refractivity contribution is 9.09. The summed E-state index contributed by atoms with van der Waals surface area (Å²) in [7, 11) is 0. The van der Waals surface area contributed by atoms with Gasteiger partial charge < -0.3 is 9.84 Å². The van der Waals surface area contributed by atoms with Crippen molar-refractivity contribution in [2.24, 2.45) is 0 Å². The van der Waals surface area contributed by atoms with Crippen LogP contribution in [0.25, 0.3) is 0 Å². The first-order chi connectivity index (χ1) is 10.7. The largest absolute Gasteiger partial charge is 0.480 e. The molecule has 0 amide bonds. The highest BCUT2D eigenvalue weighted by Gasteiger charge is 2.28. The molecule has 0 unspecified atom stereocenters. The van der Waals surface area contributed by atoms with Crippen molar-refractivity contribution in [3.8, 4) is 0 Å². The molecule has 0 heterocycles. The summed E-state index contributed by atoms with van der Waals surface area (Å²) >= 11 is 3.32. The second-order valence-electron chi connectivity index (χ2n) is 6.29. The van der Waals surface area contributed by atoms with Crippen LogP contribution in [-0.4, -0.2) is 52.0 Å². The highest BCUT2D eigenvalue weighted by atomic mass is 79.9. The van der Waals surface area contributed by atoms with E-state index in [4.69, 9.17) is 4.74 Å². The van der Waals surface area contributed by atoms with Gasteiger partial charge in [-0.15, -0.1) is 0 Å². The molecular weight excluding hydrogens is 362 g/mol. The van der Waals surface area contributed by atoms with Crippen LogP contribution >= 0.6 is 15.9 Å².